The Bertz CT molecular complexity index is 767. The van der Waals surface area contributed by atoms with Crippen LogP contribution in [0.25, 0.3) is 0 Å². The normalized spacial score (nSPS) is 19.3. The number of carbonyl (C=O) groups excluding carboxylic acids is 1. The van der Waals surface area contributed by atoms with Crippen LogP contribution in [0, 0.1) is 0 Å². The molecule has 1 fully saturated rings. The fourth-order valence-corrected chi connectivity index (χ4v) is 3.91. The minimum Gasteiger partial charge on any atom is -0.377 e. The highest BCUT2D eigenvalue weighted by molar-refractivity contribution is 7.90. The summed E-state index contributed by atoms with van der Waals surface area (Å²) in [6.45, 7) is 1.07. The van der Waals surface area contributed by atoms with Gasteiger partial charge in [-0.1, -0.05) is 0 Å². The van der Waals surface area contributed by atoms with Crippen LogP contribution in [-0.4, -0.2) is 55.4 Å². The number of rotatable bonds is 3. The second-order valence-corrected chi connectivity index (χ2v) is 7.79. The van der Waals surface area contributed by atoms with Crippen LogP contribution < -0.4 is 0 Å². The molecule has 0 aliphatic carbocycles. The standard InChI is InChI=1S/C13H15N3O4S2/c1-22(18,19)11-6-14-15-12(11)10-7-20-4-3-16(10)13(17)9-2-5-21-8-9/h2,5-6,8,10H,3-4,7H2,1H3,(H,14,15)/t10-/m0/s1. The summed E-state index contributed by atoms with van der Waals surface area (Å²) in [6, 6.07) is 1.26. The van der Waals surface area contributed by atoms with Crippen LogP contribution in [0.4, 0.5) is 0 Å². The zero-order chi connectivity index (χ0) is 15.7. The van der Waals surface area contributed by atoms with Gasteiger partial charge in [0.2, 0.25) is 0 Å². The average Bonchev–Trinajstić information content (AvgIpc) is 3.17. The van der Waals surface area contributed by atoms with Crippen LogP contribution in [0.5, 0.6) is 0 Å². The highest BCUT2D eigenvalue weighted by Crippen LogP contribution is 2.29. The number of thiophene rings is 1. The van der Waals surface area contributed by atoms with E-state index in [1.807, 2.05) is 5.38 Å². The minimum atomic E-state index is -3.43. The van der Waals surface area contributed by atoms with Gasteiger partial charge >= 0.3 is 0 Å². The summed E-state index contributed by atoms with van der Waals surface area (Å²) >= 11 is 1.44. The molecule has 0 aromatic carbocycles. The number of carbonyl (C=O) groups is 1. The van der Waals surface area contributed by atoms with E-state index >= 15 is 0 Å². The zero-order valence-corrected chi connectivity index (χ0v) is 13.5. The highest BCUT2D eigenvalue weighted by atomic mass is 32.2. The van der Waals surface area contributed by atoms with Gasteiger partial charge in [-0.05, 0) is 11.4 Å². The molecule has 0 saturated carbocycles. The molecule has 2 aromatic heterocycles. The Morgan fingerprint density at radius 1 is 1.55 bits per heavy atom. The van der Waals surface area contributed by atoms with Crippen molar-refractivity contribution < 1.29 is 17.9 Å². The second-order valence-electron chi connectivity index (χ2n) is 5.02. The fraction of sp³-hybridized carbons (Fsp3) is 0.385. The third kappa shape index (κ3) is 2.79. The Kier molecular flexibility index (Phi) is 4.02. The van der Waals surface area contributed by atoms with Crippen molar-refractivity contribution in [1.82, 2.24) is 15.1 Å². The van der Waals surface area contributed by atoms with Gasteiger partial charge in [0.15, 0.2) is 9.84 Å². The maximum absolute atomic E-state index is 12.6. The molecule has 9 heteroatoms. The Balaban J connectivity index is 1.97. The van der Waals surface area contributed by atoms with Crippen molar-refractivity contribution in [3.05, 3.63) is 34.3 Å². The topological polar surface area (TPSA) is 92.4 Å². The third-order valence-electron chi connectivity index (χ3n) is 3.52. The number of nitrogens with one attached hydrogen (secondary N) is 1. The van der Waals surface area contributed by atoms with Crippen molar-refractivity contribution >= 4 is 27.1 Å². The third-order valence-corrected chi connectivity index (χ3v) is 5.33. The Labute approximate surface area is 131 Å². The van der Waals surface area contributed by atoms with Crippen LogP contribution >= 0.6 is 11.3 Å². The summed E-state index contributed by atoms with van der Waals surface area (Å²) in [6.07, 6.45) is 2.39. The van der Waals surface area contributed by atoms with Gasteiger partial charge in [0.25, 0.3) is 5.91 Å². The maximum atomic E-state index is 12.6. The zero-order valence-electron chi connectivity index (χ0n) is 11.9. The van der Waals surface area contributed by atoms with Crippen molar-refractivity contribution in [2.75, 3.05) is 26.0 Å². The molecule has 0 unspecified atom stereocenters. The Morgan fingerprint density at radius 2 is 2.36 bits per heavy atom. The van der Waals surface area contributed by atoms with Crippen LogP contribution in [-0.2, 0) is 14.6 Å². The predicted octanol–water partition coefficient (Wildman–Crippen LogP) is 1.09. The molecule has 2 aromatic rings. The molecule has 3 rings (SSSR count). The van der Waals surface area contributed by atoms with Gasteiger partial charge in [-0.15, -0.1) is 0 Å². The molecule has 0 bridgehead atoms. The number of H-pyrrole nitrogens is 1. The van der Waals surface area contributed by atoms with E-state index in [-0.39, 0.29) is 17.4 Å². The summed E-state index contributed by atoms with van der Waals surface area (Å²) in [5.74, 6) is -0.136. The molecule has 1 N–H and O–H groups in total. The molecule has 1 amide bonds. The molecule has 1 aliphatic rings. The number of amides is 1. The molecule has 118 valence electrons. The maximum Gasteiger partial charge on any atom is 0.255 e. The monoisotopic (exact) mass is 341 g/mol. The summed E-state index contributed by atoms with van der Waals surface area (Å²) in [5, 5.41) is 10.1. The molecular weight excluding hydrogens is 326 g/mol. The lowest BCUT2D eigenvalue weighted by Gasteiger charge is -2.35. The number of aromatic nitrogens is 2. The van der Waals surface area contributed by atoms with Crippen molar-refractivity contribution in [3.63, 3.8) is 0 Å². The van der Waals surface area contributed by atoms with E-state index in [4.69, 9.17) is 4.74 Å². The Morgan fingerprint density at radius 3 is 3.05 bits per heavy atom. The van der Waals surface area contributed by atoms with Crippen LogP contribution in [0.3, 0.4) is 0 Å². The highest BCUT2D eigenvalue weighted by Gasteiger charge is 2.34. The van der Waals surface area contributed by atoms with Crippen LogP contribution in [0.1, 0.15) is 22.1 Å². The lowest BCUT2D eigenvalue weighted by Crippen LogP contribution is -2.43. The summed E-state index contributed by atoms with van der Waals surface area (Å²) < 4.78 is 29.2. The van der Waals surface area contributed by atoms with E-state index in [1.165, 1.54) is 17.5 Å². The number of ether oxygens (including phenoxy) is 1. The first-order valence-electron chi connectivity index (χ1n) is 6.62. The van der Waals surface area contributed by atoms with E-state index in [9.17, 15) is 13.2 Å². The quantitative estimate of drug-likeness (QED) is 0.902. The number of hydrogen-bond donors (Lipinski definition) is 1. The number of nitrogens with zero attached hydrogens (tertiary/aromatic N) is 2. The largest absolute Gasteiger partial charge is 0.377 e. The van der Waals surface area contributed by atoms with E-state index < -0.39 is 15.9 Å². The van der Waals surface area contributed by atoms with E-state index in [2.05, 4.69) is 10.2 Å². The van der Waals surface area contributed by atoms with Gasteiger partial charge in [0, 0.05) is 18.2 Å². The van der Waals surface area contributed by atoms with E-state index in [1.54, 1.807) is 16.3 Å². The first-order chi connectivity index (χ1) is 10.5. The summed E-state index contributed by atoms with van der Waals surface area (Å²) in [7, 11) is -3.43. The molecule has 1 aliphatic heterocycles. The molecule has 3 heterocycles. The Hall–Kier alpha value is -1.71. The van der Waals surface area contributed by atoms with Crippen LogP contribution in [0.2, 0.25) is 0 Å². The number of morpholine rings is 1. The van der Waals surface area contributed by atoms with Crippen molar-refractivity contribution in [1.29, 1.82) is 0 Å². The summed E-state index contributed by atoms with van der Waals surface area (Å²) in [4.78, 5) is 14.4. The van der Waals surface area contributed by atoms with Gasteiger partial charge in [-0.3, -0.25) is 9.89 Å². The van der Waals surface area contributed by atoms with Gasteiger partial charge < -0.3 is 9.64 Å². The number of aromatic amines is 1. The van der Waals surface area contributed by atoms with E-state index in [0.29, 0.717) is 24.4 Å². The summed E-state index contributed by atoms with van der Waals surface area (Å²) in [5.41, 5.74) is 0.989. The van der Waals surface area contributed by atoms with E-state index in [0.717, 1.165) is 6.26 Å². The van der Waals surface area contributed by atoms with Crippen molar-refractivity contribution in [2.45, 2.75) is 10.9 Å². The van der Waals surface area contributed by atoms with Crippen LogP contribution in [0.15, 0.2) is 27.9 Å². The van der Waals surface area contributed by atoms with Gasteiger partial charge in [-0.2, -0.15) is 16.4 Å². The van der Waals surface area contributed by atoms with Gasteiger partial charge in [0.05, 0.1) is 36.7 Å². The smallest absolute Gasteiger partial charge is 0.255 e. The number of sulfone groups is 1. The lowest BCUT2D eigenvalue weighted by atomic mass is 10.1. The molecule has 0 spiro atoms. The molecule has 0 radical (unpaired) electrons. The first-order valence-corrected chi connectivity index (χ1v) is 9.46. The van der Waals surface area contributed by atoms with Gasteiger partial charge in [-0.25, -0.2) is 8.42 Å². The van der Waals surface area contributed by atoms with Crippen molar-refractivity contribution in [2.24, 2.45) is 0 Å². The predicted molar refractivity (Wildman–Crippen MR) is 80.6 cm³/mol. The van der Waals surface area contributed by atoms with Gasteiger partial charge in [0.1, 0.15) is 4.90 Å². The fourth-order valence-electron chi connectivity index (χ4n) is 2.46. The van der Waals surface area contributed by atoms with Crippen molar-refractivity contribution in [3.8, 4) is 0 Å². The second kappa shape index (κ2) is 5.82. The average molecular weight is 341 g/mol. The molecule has 7 nitrogen and oxygen atoms in total. The molecule has 1 atom stereocenters. The molecule has 1 saturated heterocycles. The number of hydrogen-bond acceptors (Lipinski definition) is 6. The minimum absolute atomic E-state index is 0.103. The first kappa shape index (κ1) is 15.2. The lowest BCUT2D eigenvalue weighted by molar-refractivity contribution is -0.00465. The SMILES string of the molecule is CS(=O)(=O)c1cn[nH]c1[C@@H]1COCCN1C(=O)c1ccsc1. The molecular formula is C13H15N3O4S2. The molecule has 22 heavy (non-hydrogen) atoms.